The second-order valence-electron chi connectivity index (χ2n) is 4.55. The van der Waals surface area contributed by atoms with Gasteiger partial charge in [-0.15, -0.1) is 0 Å². The SMILES string of the molecule is FC(F)(F)C(F)(F)C(F)(F)Sc1ccccc1-c1ccccc1. The summed E-state index contributed by atoms with van der Waals surface area (Å²) < 4.78 is 89.8. The smallest absolute Gasteiger partial charge is 0.188 e. The molecule has 0 fully saturated rings. The second kappa shape index (κ2) is 6.07. The molecular formula is C15H9F7S. The van der Waals surface area contributed by atoms with Crippen molar-refractivity contribution in [3.63, 3.8) is 0 Å². The lowest BCUT2D eigenvalue weighted by atomic mass is 10.1. The van der Waals surface area contributed by atoms with Crippen molar-refractivity contribution in [2.45, 2.75) is 22.2 Å². The summed E-state index contributed by atoms with van der Waals surface area (Å²) in [4.78, 5) is -0.368. The number of rotatable bonds is 4. The summed E-state index contributed by atoms with van der Waals surface area (Å²) in [6.07, 6.45) is -6.34. The molecule has 2 rings (SSSR count). The van der Waals surface area contributed by atoms with Crippen molar-refractivity contribution in [2.75, 3.05) is 0 Å². The second-order valence-corrected chi connectivity index (χ2v) is 5.71. The minimum Gasteiger partial charge on any atom is -0.188 e. The number of hydrogen-bond acceptors (Lipinski definition) is 1. The van der Waals surface area contributed by atoms with Gasteiger partial charge >= 0.3 is 17.4 Å². The van der Waals surface area contributed by atoms with E-state index < -0.39 is 29.1 Å². The fourth-order valence-electron chi connectivity index (χ4n) is 1.78. The van der Waals surface area contributed by atoms with Crippen molar-refractivity contribution in [1.29, 1.82) is 0 Å². The van der Waals surface area contributed by atoms with Gasteiger partial charge in [-0.1, -0.05) is 48.5 Å². The van der Waals surface area contributed by atoms with Gasteiger partial charge in [0.15, 0.2) is 0 Å². The Labute approximate surface area is 131 Å². The van der Waals surface area contributed by atoms with E-state index in [2.05, 4.69) is 0 Å². The Kier molecular flexibility index (Phi) is 4.66. The van der Waals surface area contributed by atoms with Crippen molar-refractivity contribution in [3.8, 4) is 11.1 Å². The maximum Gasteiger partial charge on any atom is 0.460 e. The van der Waals surface area contributed by atoms with Crippen LogP contribution in [-0.4, -0.2) is 17.4 Å². The summed E-state index contributed by atoms with van der Waals surface area (Å²) in [6, 6.07) is 13.2. The topological polar surface area (TPSA) is 0 Å². The number of halogens is 7. The average Bonchev–Trinajstić information content (AvgIpc) is 2.47. The molecule has 0 radical (unpaired) electrons. The van der Waals surface area contributed by atoms with E-state index in [0.29, 0.717) is 5.56 Å². The van der Waals surface area contributed by atoms with Crippen LogP contribution < -0.4 is 0 Å². The predicted octanol–water partition coefficient (Wildman–Crippen LogP) is 6.24. The van der Waals surface area contributed by atoms with Crippen LogP contribution in [0.3, 0.4) is 0 Å². The van der Waals surface area contributed by atoms with Gasteiger partial charge in [-0.25, -0.2) is 0 Å². The molecule has 0 unspecified atom stereocenters. The summed E-state index contributed by atoms with van der Waals surface area (Å²) in [5.74, 6) is -6.14. The van der Waals surface area contributed by atoms with Gasteiger partial charge in [-0.05, 0) is 29.0 Å². The van der Waals surface area contributed by atoms with Crippen LogP contribution in [0.5, 0.6) is 0 Å². The molecule has 0 aliphatic carbocycles. The lowest BCUT2D eigenvalue weighted by Gasteiger charge is -2.28. The third-order valence-electron chi connectivity index (χ3n) is 2.93. The van der Waals surface area contributed by atoms with Gasteiger partial charge in [-0.2, -0.15) is 30.7 Å². The van der Waals surface area contributed by atoms with Crippen LogP contribution in [0, 0.1) is 0 Å². The highest BCUT2D eigenvalue weighted by Crippen LogP contribution is 2.54. The molecule has 0 atom stereocenters. The predicted molar refractivity (Wildman–Crippen MR) is 73.7 cm³/mol. The van der Waals surface area contributed by atoms with Gasteiger partial charge < -0.3 is 0 Å². The Morgan fingerprint density at radius 1 is 0.652 bits per heavy atom. The lowest BCUT2D eigenvalue weighted by molar-refractivity contribution is -0.330. The van der Waals surface area contributed by atoms with Gasteiger partial charge in [0, 0.05) is 4.90 Å². The van der Waals surface area contributed by atoms with Gasteiger partial charge in [0.25, 0.3) is 0 Å². The van der Waals surface area contributed by atoms with Gasteiger partial charge in [-0.3, -0.25) is 0 Å². The van der Waals surface area contributed by atoms with Gasteiger partial charge in [0.2, 0.25) is 0 Å². The zero-order valence-electron chi connectivity index (χ0n) is 11.3. The summed E-state index contributed by atoms with van der Waals surface area (Å²) >= 11 is -0.802. The molecule has 0 nitrogen and oxygen atoms in total. The zero-order chi connectivity index (χ0) is 17.3. The molecule has 0 bridgehead atoms. The van der Waals surface area contributed by atoms with E-state index in [-0.39, 0.29) is 10.5 Å². The quantitative estimate of drug-likeness (QED) is 0.463. The number of hydrogen-bond donors (Lipinski definition) is 0. The maximum absolute atomic E-state index is 13.6. The zero-order valence-corrected chi connectivity index (χ0v) is 12.1. The molecular weight excluding hydrogens is 345 g/mol. The first kappa shape index (κ1) is 17.7. The molecule has 0 aromatic heterocycles. The molecule has 0 saturated heterocycles. The molecule has 124 valence electrons. The highest BCUT2D eigenvalue weighted by molar-refractivity contribution is 8.00. The summed E-state index contributed by atoms with van der Waals surface area (Å²) in [5.41, 5.74) is 0.581. The Balaban J connectivity index is 2.42. The van der Waals surface area contributed by atoms with Crippen LogP contribution in [0.2, 0.25) is 0 Å². The minimum absolute atomic E-state index is 0.149. The summed E-state index contributed by atoms with van der Waals surface area (Å²) in [6.45, 7) is 0. The molecule has 0 amide bonds. The van der Waals surface area contributed by atoms with E-state index >= 15 is 0 Å². The fraction of sp³-hybridized carbons (Fsp3) is 0.200. The first-order valence-electron chi connectivity index (χ1n) is 6.22. The molecule has 0 heterocycles. The van der Waals surface area contributed by atoms with E-state index in [1.54, 1.807) is 30.3 Å². The van der Waals surface area contributed by atoms with E-state index in [1.807, 2.05) is 0 Å². The Bertz CT molecular complexity index is 665. The monoisotopic (exact) mass is 354 g/mol. The Morgan fingerprint density at radius 3 is 1.74 bits per heavy atom. The third-order valence-corrected chi connectivity index (χ3v) is 4.02. The minimum atomic E-state index is -6.34. The van der Waals surface area contributed by atoms with Crippen molar-refractivity contribution in [2.24, 2.45) is 0 Å². The van der Waals surface area contributed by atoms with Crippen LogP contribution in [-0.2, 0) is 0 Å². The van der Waals surface area contributed by atoms with Crippen molar-refractivity contribution < 1.29 is 30.7 Å². The lowest BCUT2D eigenvalue weighted by Crippen LogP contribution is -2.49. The highest BCUT2D eigenvalue weighted by atomic mass is 32.2. The van der Waals surface area contributed by atoms with Crippen molar-refractivity contribution in [3.05, 3.63) is 54.6 Å². The van der Waals surface area contributed by atoms with Crippen molar-refractivity contribution >= 4 is 11.8 Å². The maximum atomic E-state index is 13.6. The van der Waals surface area contributed by atoms with Gasteiger partial charge in [0.1, 0.15) is 0 Å². The summed E-state index contributed by atoms with van der Waals surface area (Å²) in [7, 11) is 0. The number of alkyl halides is 7. The molecule has 0 aliphatic rings. The molecule has 2 aromatic carbocycles. The molecule has 8 heteroatoms. The van der Waals surface area contributed by atoms with Crippen LogP contribution in [0.15, 0.2) is 59.5 Å². The fourth-order valence-corrected chi connectivity index (χ4v) is 2.74. The van der Waals surface area contributed by atoms with Gasteiger partial charge in [0.05, 0.1) is 0 Å². The first-order chi connectivity index (χ1) is 10.6. The van der Waals surface area contributed by atoms with E-state index in [9.17, 15) is 30.7 Å². The van der Waals surface area contributed by atoms with E-state index in [0.717, 1.165) is 6.07 Å². The molecule has 0 spiro atoms. The highest BCUT2D eigenvalue weighted by Gasteiger charge is 2.73. The van der Waals surface area contributed by atoms with Crippen LogP contribution in [0.4, 0.5) is 30.7 Å². The Morgan fingerprint density at radius 2 is 1.17 bits per heavy atom. The normalized spacial score (nSPS) is 13.2. The number of benzene rings is 2. The summed E-state index contributed by atoms with van der Waals surface area (Å²) in [5, 5.41) is -5.34. The average molecular weight is 354 g/mol. The van der Waals surface area contributed by atoms with Crippen molar-refractivity contribution in [1.82, 2.24) is 0 Å². The molecule has 0 saturated carbocycles. The third kappa shape index (κ3) is 3.46. The van der Waals surface area contributed by atoms with Crippen LogP contribution in [0.25, 0.3) is 11.1 Å². The standard InChI is InChI=1S/C15H9F7S/c16-13(17,14(18,19)20)15(21,22)23-12-9-5-4-8-11(12)10-6-2-1-3-7-10/h1-9H. The molecule has 0 aliphatic heterocycles. The largest absolute Gasteiger partial charge is 0.460 e. The van der Waals surface area contributed by atoms with Crippen LogP contribution >= 0.6 is 11.8 Å². The Hall–Kier alpha value is -1.70. The molecule has 23 heavy (non-hydrogen) atoms. The van der Waals surface area contributed by atoms with Crippen LogP contribution in [0.1, 0.15) is 0 Å². The number of thioether (sulfide) groups is 1. The molecule has 2 aromatic rings. The van der Waals surface area contributed by atoms with E-state index in [1.165, 1.54) is 18.2 Å². The first-order valence-corrected chi connectivity index (χ1v) is 7.04. The molecule has 0 N–H and O–H groups in total. The van der Waals surface area contributed by atoms with E-state index in [4.69, 9.17) is 0 Å².